The van der Waals surface area contributed by atoms with Gasteiger partial charge in [-0.25, -0.2) is 4.79 Å². The van der Waals surface area contributed by atoms with Crippen molar-refractivity contribution in [3.63, 3.8) is 0 Å². The summed E-state index contributed by atoms with van der Waals surface area (Å²) in [6, 6.07) is 10.2. The van der Waals surface area contributed by atoms with Gasteiger partial charge in [0, 0.05) is 18.7 Å². The molecule has 2 aliphatic heterocycles. The number of hydrogen-bond acceptors (Lipinski definition) is 4. The molecule has 0 aliphatic carbocycles. The maximum absolute atomic E-state index is 12.7. The van der Waals surface area contributed by atoms with E-state index in [0.717, 1.165) is 50.3 Å². The summed E-state index contributed by atoms with van der Waals surface area (Å²) < 4.78 is 5.63. The molecule has 1 atom stereocenters. The van der Waals surface area contributed by atoms with Gasteiger partial charge in [0.25, 0.3) is 0 Å². The lowest BCUT2D eigenvalue weighted by atomic mass is 10.1. The standard InChI is InChI=1S/C19H27N3O2/c1-19(2,3)24-18(23)22-13-8-7-11-16(22)21-14-12-20-17(21)15-9-5-4-6-10-15/h4-6,9-10,16H,7-8,11-14H2,1-3H3. The Hall–Kier alpha value is -2.04. The van der Waals surface area contributed by atoms with Crippen LogP contribution in [0.25, 0.3) is 0 Å². The molecule has 1 saturated heterocycles. The van der Waals surface area contributed by atoms with Gasteiger partial charge in [0.05, 0.1) is 6.54 Å². The molecule has 5 nitrogen and oxygen atoms in total. The van der Waals surface area contributed by atoms with E-state index in [1.807, 2.05) is 43.9 Å². The molecule has 1 aromatic rings. The molecule has 1 fully saturated rings. The van der Waals surface area contributed by atoms with Gasteiger partial charge in [-0.1, -0.05) is 30.3 Å². The van der Waals surface area contributed by atoms with Crippen LogP contribution in [-0.2, 0) is 4.74 Å². The number of amidine groups is 1. The van der Waals surface area contributed by atoms with Crippen LogP contribution in [-0.4, -0.2) is 53.1 Å². The summed E-state index contributed by atoms with van der Waals surface area (Å²) in [5, 5.41) is 0. The summed E-state index contributed by atoms with van der Waals surface area (Å²) in [6.45, 7) is 8.12. The molecular weight excluding hydrogens is 302 g/mol. The van der Waals surface area contributed by atoms with Crippen LogP contribution in [0.1, 0.15) is 45.6 Å². The number of benzene rings is 1. The molecule has 24 heavy (non-hydrogen) atoms. The van der Waals surface area contributed by atoms with E-state index in [9.17, 15) is 4.79 Å². The third kappa shape index (κ3) is 3.71. The average Bonchev–Trinajstić information content (AvgIpc) is 3.03. The molecule has 0 N–H and O–H groups in total. The molecule has 5 heteroatoms. The molecule has 0 radical (unpaired) electrons. The Morgan fingerprint density at radius 2 is 1.92 bits per heavy atom. The Bertz CT molecular complexity index is 607. The first-order valence-electron chi connectivity index (χ1n) is 8.82. The fraction of sp³-hybridized carbons (Fsp3) is 0.579. The zero-order valence-electron chi connectivity index (χ0n) is 14.9. The molecule has 0 spiro atoms. The van der Waals surface area contributed by atoms with Crippen molar-refractivity contribution in [2.24, 2.45) is 4.99 Å². The molecule has 1 aromatic carbocycles. The van der Waals surface area contributed by atoms with E-state index in [0.29, 0.717) is 0 Å². The number of likely N-dealkylation sites (tertiary alicyclic amines) is 1. The molecule has 0 bridgehead atoms. The highest BCUT2D eigenvalue weighted by Gasteiger charge is 2.36. The first kappa shape index (κ1) is 16.8. The third-order valence-corrected chi connectivity index (χ3v) is 4.37. The van der Waals surface area contributed by atoms with Gasteiger partial charge in [0.2, 0.25) is 0 Å². The number of piperidine rings is 1. The highest BCUT2D eigenvalue weighted by Crippen LogP contribution is 2.26. The Balaban J connectivity index is 1.80. The Kier molecular flexibility index (Phi) is 4.78. The smallest absolute Gasteiger partial charge is 0.411 e. The Labute approximate surface area is 144 Å². The summed E-state index contributed by atoms with van der Waals surface area (Å²) in [7, 11) is 0. The summed E-state index contributed by atoms with van der Waals surface area (Å²) in [4.78, 5) is 21.5. The molecule has 130 valence electrons. The van der Waals surface area contributed by atoms with Gasteiger partial charge in [-0.05, 0) is 40.0 Å². The second kappa shape index (κ2) is 6.83. The normalized spacial score (nSPS) is 21.6. The van der Waals surface area contributed by atoms with E-state index in [1.165, 1.54) is 0 Å². The Morgan fingerprint density at radius 1 is 1.17 bits per heavy atom. The van der Waals surface area contributed by atoms with E-state index in [2.05, 4.69) is 17.0 Å². The summed E-state index contributed by atoms with van der Waals surface area (Å²) in [5.74, 6) is 0.996. The van der Waals surface area contributed by atoms with Gasteiger partial charge < -0.3 is 9.64 Å². The number of carbonyl (C=O) groups excluding carboxylic acids is 1. The summed E-state index contributed by atoms with van der Waals surface area (Å²) in [5.41, 5.74) is 0.644. The minimum atomic E-state index is -0.472. The number of carbonyl (C=O) groups is 1. The van der Waals surface area contributed by atoms with E-state index >= 15 is 0 Å². The van der Waals surface area contributed by atoms with Crippen LogP contribution in [0.4, 0.5) is 4.79 Å². The van der Waals surface area contributed by atoms with Gasteiger partial charge >= 0.3 is 6.09 Å². The first-order valence-corrected chi connectivity index (χ1v) is 8.82. The van der Waals surface area contributed by atoms with Gasteiger partial charge in [-0.3, -0.25) is 9.89 Å². The van der Waals surface area contributed by atoms with Crippen LogP contribution in [0, 0.1) is 0 Å². The highest BCUT2D eigenvalue weighted by atomic mass is 16.6. The number of rotatable bonds is 2. The fourth-order valence-corrected chi connectivity index (χ4v) is 3.37. The molecule has 1 unspecified atom stereocenters. The SMILES string of the molecule is CC(C)(C)OC(=O)N1CCCCC1N1CCN=C1c1ccccc1. The van der Waals surface area contributed by atoms with Crippen LogP contribution < -0.4 is 0 Å². The van der Waals surface area contributed by atoms with Crippen molar-refractivity contribution >= 4 is 11.9 Å². The average molecular weight is 329 g/mol. The van der Waals surface area contributed by atoms with Gasteiger partial charge in [-0.15, -0.1) is 0 Å². The highest BCUT2D eigenvalue weighted by molar-refractivity contribution is 6.00. The maximum Gasteiger partial charge on any atom is 0.411 e. The Morgan fingerprint density at radius 3 is 2.62 bits per heavy atom. The maximum atomic E-state index is 12.7. The topological polar surface area (TPSA) is 45.1 Å². The van der Waals surface area contributed by atoms with Crippen LogP contribution in [0.2, 0.25) is 0 Å². The molecule has 3 rings (SSSR count). The monoisotopic (exact) mass is 329 g/mol. The predicted octanol–water partition coefficient (Wildman–Crippen LogP) is 3.50. The van der Waals surface area contributed by atoms with Crippen molar-refractivity contribution in [1.29, 1.82) is 0 Å². The van der Waals surface area contributed by atoms with Gasteiger partial charge in [-0.2, -0.15) is 0 Å². The van der Waals surface area contributed by atoms with Crippen LogP contribution >= 0.6 is 0 Å². The van der Waals surface area contributed by atoms with Crippen LogP contribution in [0.5, 0.6) is 0 Å². The molecule has 0 aromatic heterocycles. The first-order chi connectivity index (χ1) is 11.5. The van der Waals surface area contributed by atoms with Crippen molar-refractivity contribution in [3.8, 4) is 0 Å². The lowest BCUT2D eigenvalue weighted by Crippen LogP contribution is -2.55. The fourth-order valence-electron chi connectivity index (χ4n) is 3.37. The quantitative estimate of drug-likeness (QED) is 0.834. The van der Waals surface area contributed by atoms with Crippen molar-refractivity contribution in [2.75, 3.05) is 19.6 Å². The third-order valence-electron chi connectivity index (χ3n) is 4.37. The number of aliphatic imine (C=N–C) groups is 1. The summed E-state index contributed by atoms with van der Waals surface area (Å²) in [6.07, 6.45) is 2.94. The minimum Gasteiger partial charge on any atom is -0.444 e. The van der Waals surface area contributed by atoms with Gasteiger partial charge in [0.15, 0.2) is 0 Å². The lowest BCUT2D eigenvalue weighted by Gasteiger charge is -2.42. The van der Waals surface area contributed by atoms with Crippen LogP contribution in [0.3, 0.4) is 0 Å². The zero-order valence-corrected chi connectivity index (χ0v) is 14.9. The molecule has 0 saturated carbocycles. The second-order valence-corrected chi connectivity index (χ2v) is 7.41. The summed E-state index contributed by atoms with van der Waals surface area (Å²) >= 11 is 0. The van der Waals surface area contributed by atoms with Crippen molar-refractivity contribution in [2.45, 2.75) is 51.8 Å². The predicted molar refractivity (Wildman–Crippen MR) is 95.1 cm³/mol. The number of amides is 1. The molecular formula is C19H27N3O2. The zero-order chi connectivity index (χ0) is 17.2. The van der Waals surface area contributed by atoms with Crippen molar-refractivity contribution in [3.05, 3.63) is 35.9 Å². The largest absolute Gasteiger partial charge is 0.444 e. The van der Waals surface area contributed by atoms with E-state index in [1.54, 1.807) is 0 Å². The molecule has 2 aliphatic rings. The number of ether oxygens (including phenoxy) is 1. The van der Waals surface area contributed by atoms with Gasteiger partial charge in [0.1, 0.15) is 17.6 Å². The lowest BCUT2D eigenvalue weighted by molar-refractivity contribution is -0.00832. The van der Waals surface area contributed by atoms with E-state index < -0.39 is 5.60 Å². The number of nitrogens with zero attached hydrogens (tertiary/aromatic N) is 3. The minimum absolute atomic E-state index is 0.0371. The van der Waals surface area contributed by atoms with E-state index in [4.69, 9.17) is 9.73 Å². The second-order valence-electron chi connectivity index (χ2n) is 7.41. The van der Waals surface area contributed by atoms with E-state index in [-0.39, 0.29) is 12.3 Å². The number of hydrogen-bond donors (Lipinski definition) is 0. The molecule has 1 amide bonds. The van der Waals surface area contributed by atoms with Crippen LogP contribution in [0.15, 0.2) is 35.3 Å². The van der Waals surface area contributed by atoms with Crippen molar-refractivity contribution in [1.82, 2.24) is 9.80 Å². The molecule has 2 heterocycles. The van der Waals surface area contributed by atoms with Crippen molar-refractivity contribution < 1.29 is 9.53 Å².